The van der Waals surface area contributed by atoms with Crippen LogP contribution in [0.25, 0.3) is 15.3 Å². The molecule has 5 aromatic rings. The maximum Gasteiger partial charge on any atom is 0.259 e. The molecule has 0 radical (unpaired) electrons. The fourth-order valence-corrected chi connectivity index (χ4v) is 9.70. The Hall–Kier alpha value is -6.67. The molecule has 68 heavy (non-hydrogen) atoms. The maximum atomic E-state index is 14.1. The van der Waals surface area contributed by atoms with Crippen LogP contribution in [-0.2, 0) is 32.1 Å². The number of aromatic nitrogens is 1. The Morgan fingerprint density at radius 1 is 0.941 bits per heavy atom. The van der Waals surface area contributed by atoms with Gasteiger partial charge in [0, 0.05) is 37.3 Å². The number of anilines is 2. The Morgan fingerprint density at radius 3 is 2.19 bits per heavy atom. The van der Waals surface area contributed by atoms with E-state index in [1.165, 1.54) is 9.80 Å². The number of benzene rings is 4. The predicted octanol–water partition coefficient (Wildman–Crippen LogP) is 8.09. The largest absolute Gasteiger partial charge is 0.493 e. The molecule has 0 bridgehead atoms. The first-order chi connectivity index (χ1) is 32.3. The van der Waals surface area contributed by atoms with Crippen LogP contribution in [0.4, 0.5) is 17.1 Å². The lowest BCUT2D eigenvalue weighted by Crippen LogP contribution is -2.57. The van der Waals surface area contributed by atoms with Gasteiger partial charge < -0.3 is 35.0 Å². The summed E-state index contributed by atoms with van der Waals surface area (Å²) in [6.45, 7) is 21.1. The van der Waals surface area contributed by atoms with Crippen molar-refractivity contribution in [1.82, 2.24) is 20.5 Å². The van der Waals surface area contributed by atoms with Crippen molar-refractivity contribution >= 4 is 69.4 Å². The third-order valence-electron chi connectivity index (χ3n) is 12.2. The highest BCUT2D eigenvalue weighted by Crippen LogP contribution is 2.38. The van der Waals surface area contributed by atoms with Crippen molar-refractivity contribution in [1.29, 1.82) is 0 Å². The van der Waals surface area contributed by atoms with Gasteiger partial charge in [-0.25, -0.2) is 9.83 Å². The molecular formula is C52H57N7O7S2. The predicted molar refractivity (Wildman–Crippen MR) is 268 cm³/mol. The summed E-state index contributed by atoms with van der Waals surface area (Å²) >= 11 is 7.40. The van der Waals surface area contributed by atoms with Crippen LogP contribution in [0.5, 0.6) is 11.5 Å². The molecular weight excluding hydrogens is 899 g/mol. The van der Waals surface area contributed by atoms with Crippen molar-refractivity contribution in [3.63, 3.8) is 0 Å². The van der Waals surface area contributed by atoms with Gasteiger partial charge in [-0.1, -0.05) is 63.2 Å². The smallest absolute Gasteiger partial charge is 0.259 e. The van der Waals surface area contributed by atoms with E-state index in [4.69, 9.17) is 28.3 Å². The Kier molecular flexibility index (Phi) is 15.0. The first-order valence-electron chi connectivity index (χ1n) is 22.5. The molecule has 7 rings (SSSR count). The second-order valence-electron chi connectivity index (χ2n) is 18.7. The molecule has 2 aliphatic heterocycles. The zero-order valence-corrected chi connectivity index (χ0v) is 41.0. The monoisotopic (exact) mass is 955 g/mol. The topological polar surface area (TPSA) is 158 Å². The summed E-state index contributed by atoms with van der Waals surface area (Å²) in [4.78, 5) is 68.1. The second-order valence-corrected chi connectivity index (χ2v) is 19.9. The number of likely N-dealkylation sites (tertiary alicyclic amines) is 1. The fourth-order valence-electron chi connectivity index (χ4n) is 8.37. The summed E-state index contributed by atoms with van der Waals surface area (Å²) in [6.07, 6.45) is -0.150. The van der Waals surface area contributed by atoms with E-state index in [1.807, 2.05) is 138 Å². The van der Waals surface area contributed by atoms with E-state index >= 15 is 0 Å². The molecule has 1 aromatic heterocycles. The minimum atomic E-state index is -0.948. The van der Waals surface area contributed by atoms with Crippen LogP contribution in [0.3, 0.4) is 0 Å². The summed E-state index contributed by atoms with van der Waals surface area (Å²) in [5, 5.41) is 16.8. The molecule has 2 fully saturated rings. The number of aliphatic hydroxyl groups is 1. The van der Waals surface area contributed by atoms with Crippen LogP contribution in [0.1, 0.15) is 69.8 Å². The van der Waals surface area contributed by atoms with Crippen molar-refractivity contribution in [2.75, 3.05) is 29.6 Å². The molecule has 4 aromatic carbocycles. The molecule has 0 aliphatic carbocycles. The number of aliphatic hydroxyl groups excluding tert-OH is 1. The number of amides is 4. The van der Waals surface area contributed by atoms with E-state index in [-0.39, 0.29) is 50.3 Å². The molecule has 3 N–H and O–H groups in total. The molecule has 16 heteroatoms. The normalized spacial score (nSPS) is 17.2. The quantitative estimate of drug-likeness (QED) is 0.0653. The Morgan fingerprint density at radius 2 is 1.57 bits per heavy atom. The molecule has 4 amide bonds. The van der Waals surface area contributed by atoms with Crippen LogP contribution >= 0.6 is 23.6 Å². The van der Waals surface area contributed by atoms with E-state index < -0.39 is 35.0 Å². The summed E-state index contributed by atoms with van der Waals surface area (Å²) in [7, 11) is 0. The minimum absolute atomic E-state index is 0.00453. The Bertz CT molecular complexity index is 2710. The zero-order valence-electron chi connectivity index (χ0n) is 39.4. The van der Waals surface area contributed by atoms with Crippen LogP contribution < -0.4 is 29.9 Å². The average Bonchev–Trinajstić information content (AvgIpc) is 3.97. The first kappa shape index (κ1) is 49.2. The molecule has 14 nitrogen and oxygen atoms in total. The average molecular weight is 956 g/mol. The number of rotatable bonds is 16. The lowest BCUT2D eigenvalue weighted by Gasteiger charge is -2.35. The van der Waals surface area contributed by atoms with Gasteiger partial charge in [0.1, 0.15) is 29.1 Å². The number of nitrogens with zero attached hydrogens (tertiary/aromatic N) is 5. The molecule has 2 aliphatic rings. The first-order valence-corrected chi connectivity index (χ1v) is 23.8. The number of aryl methyl sites for hydroxylation is 2. The molecule has 2 saturated heterocycles. The number of β-amino-alcohol motifs (C(OH)–C–C–N with tert-alkyl or cyclic N) is 1. The van der Waals surface area contributed by atoms with Crippen molar-refractivity contribution in [3.05, 3.63) is 130 Å². The number of hydrogen-bond donors (Lipinski definition) is 3. The van der Waals surface area contributed by atoms with Gasteiger partial charge >= 0.3 is 0 Å². The van der Waals surface area contributed by atoms with Gasteiger partial charge in [-0.2, -0.15) is 0 Å². The standard InChI is InChI=1S/C52H57N7O7S2/c1-32-27-38(17-22-42(32)53-8)58-49(64)52(6,7)59(50(58)67)37-15-20-41(21-16-37)65-25-23-34-11-18-40(19-12-34)66-26-24-44(61)56-46(51(3,4)5)48(63)57-30-39(60)28-43(57)47(62)54-29-35-9-13-36(14-10-35)45-33(2)55-31-68-45/h9-22,27,31,39,43,46,60H,23-26,28-30H2,1-7H3,(H,54,62)(H,56,61)/t39-,43+,46-/m1/s1. The lowest BCUT2D eigenvalue weighted by molar-refractivity contribution is -0.144. The van der Waals surface area contributed by atoms with Gasteiger partial charge in [-0.3, -0.25) is 24.1 Å². The van der Waals surface area contributed by atoms with E-state index in [2.05, 4.69) is 20.5 Å². The van der Waals surface area contributed by atoms with Gasteiger partial charge in [-0.05, 0) is 116 Å². The van der Waals surface area contributed by atoms with Crippen LogP contribution in [0, 0.1) is 25.8 Å². The number of carbonyl (C=O) groups is 4. The number of nitrogens with one attached hydrogen (secondary N) is 2. The van der Waals surface area contributed by atoms with Crippen molar-refractivity contribution in [2.24, 2.45) is 5.41 Å². The van der Waals surface area contributed by atoms with E-state index in [0.29, 0.717) is 41.0 Å². The van der Waals surface area contributed by atoms with Crippen LogP contribution in [-0.4, -0.2) is 87.2 Å². The summed E-state index contributed by atoms with van der Waals surface area (Å²) in [6, 6.07) is 26.3. The molecule has 0 saturated carbocycles. The van der Waals surface area contributed by atoms with Gasteiger partial charge in [-0.15, -0.1) is 11.3 Å². The fraction of sp³-hybridized carbons (Fsp3) is 0.365. The highest BCUT2D eigenvalue weighted by molar-refractivity contribution is 7.81. The van der Waals surface area contributed by atoms with E-state index in [1.54, 1.807) is 23.5 Å². The summed E-state index contributed by atoms with van der Waals surface area (Å²) in [5.74, 6) is -0.0800. The number of carbonyl (C=O) groups excluding carboxylic acids is 4. The Balaban J connectivity index is 0.855. The third-order valence-corrected chi connectivity index (χ3v) is 13.6. The molecule has 0 unspecified atom stereocenters. The molecule has 3 atom stereocenters. The van der Waals surface area contributed by atoms with Crippen molar-refractivity contribution in [3.8, 4) is 21.9 Å². The Labute approximate surface area is 407 Å². The lowest BCUT2D eigenvalue weighted by atomic mass is 9.85. The molecule has 0 spiro atoms. The zero-order chi connectivity index (χ0) is 48.9. The van der Waals surface area contributed by atoms with Crippen molar-refractivity contribution < 1.29 is 33.8 Å². The van der Waals surface area contributed by atoms with E-state index in [0.717, 1.165) is 38.5 Å². The van der Waals surface area contributed by atoms with Gasteiger partial charge in [0.2, 0.25) is 17.7 Å². The highest BCUT2D eigenvalue weighted by atomic mass is 32.1. The van der Waals surface area contributed by atoms with Gasteiger partial charge in [0.05, 0.1) is 48.4 Å². The summed E-state index contributed by atoms with van der Waals surface area (Å²) < 4.78 is 12.0. The van der Waals surface area contributed by atoms with Crippen LogP contribution in [0.15, 0.2) is 96.5 Å². The minimum Gasteiger partial charge on any atom is -0.493 e. The van der Waals surface area contributed by atoms with Crippen LogP contribution in [0.2, 0.25) is 0 Å². The number of thiazole rings is 1. The second kappa shape index (κ2) is 20.7. The highest BCUT2D eigenvalue weighted by Gasteiger charge is 2.50. The SMILES string of the molecule is [C-]#[N+]c1ccc(N2C(=O)C(C)(C)N(c3ccc(OCCc4ccc(OCCC(=O)N[C@H](C(=O)N5C[C@H](O)C[C@H]5C(=O)NCc5ccc(-c6scnc6C)cc5)C(C)(C)C)cc4)cc3)C2=S)cc1C. The molecule has 3 heterocycles. The van der Waals surface area contributed by atoms with Crippen molar-refractivity contribution in [2.45, 2.75) is 98.0 Å². The molecule has 354 valence electrons. The number of ether oxygens (including phenoxy) is 2. The summed E-state index contributed by atoms with van der Waals surface area (Å²) in [5.41, 5.74) is 6.79. The number of thiocarbonyl (C=S) groups is 1. The third kappa shape index (κ3) is 11.0. The van der Waals surface area contributed by atoms with E-state index in [9.17, 15) is 24.3 Å². The number of hydrogen-bond acceptors (Lipinski definition) is 10. The van der Waals surface area contributed by atoms with Gasteiger partial charge in [0.25, 0.3) is 5.91 Å². The van der Waals surface area contributed by atoms with Gasteiger partial charge in [0.15, 0.2) is 10.8 Å². The maximum absolute atomic E-state index is 14.1.